The molecule has 0 spiro atoms. The summed E-state index contributed by atoms with van der Waals surface area (Å²) in [6.45, 7) is 12.0. The maximum Gasteiger partial charge on any atom is 0.0195 e. The molecule has 1 N–H and O–H groups in total. The molecule has 0 aromatic carbocycles. The number of rotatable bonds is 7. The van der Waals surface area contributed by atoms with Crippen LogP contribution in [-0.2, 0) is 0 Å². The molecule has 90 valence electrons. The summed E-state index contributed by atoms with van der Waals surface area (Å²) in [6, 6.07) is 0.767. The number of hydrogen-bond acceptors (Lipinski definition) is 2. The smallest absolute Gasteiger partial charge is 0.0195 e. The van der Waals surface area contributed by atoms with Gasteiger partial charge >= 0.3 is 0 Å². The molecule has 1 aliphatic heterocycles. The Morgan fingerprint density at radius 1 is 1.33 bits per heavy atom. The molecule has 0 aliphatic carbocycles. The maximum absolute atomic E-state index is 3.59. The van der Waals surface area contributed by atoms with Crippen molar-refractivity contribution in [2.75, 3.05) is 26.2 Å². The van der Waals surface area contributed by atoms with Gasteiger partial charge in [-0.1, -0.05) is 20.8 Å². The second-order valence-electron chi connectivity index (χ2n) is 5.28. The van der Waals surface area contributed by atoms with E-state index in [1.807, 2.05) is 0 Å². The Balaban J connectivity index is 2.22. The van der Waals surface area contributed by atoms with Gasteiger partial charge in [0, 0.05) is 12.6 Å². The van der Waals surface area contributed by atoms with Crippen molar-refractivity contribution in [3.63, 3.8) is 0 Å². The number of nitrogens with one attached hydrogen (secondary N) is 1. The lowest BCUT2D eigenvalue weighted by Crippen LogP contribution is -2.38. The Morgan fingerprint density at radius 2 is 2.13 bits per heavy atom. The Bertz CT molecular complexity index is 151. The van der Waals surface area contributed by atoms with Gasteiger partial charge in [0.15, 0.2) is 0 Å². The lowest BCUT2D eigenvalue weighted by atomic mass is 10.1. The first-order valence-corrected chi connectivity index (χ1v) is 6.68. The van der Waals surface area contributed by atoms with Crippen LogP contribution in [0.2, 0.25) is 0 Å². The van der Waals surface area contributed by atoms with Gasteiger partial charge in [0.1, 0.15) is 0 Å². The molecular weight excluding hydrogens is 184 g/mol. The van der Waals surface area contributed by atoms with Crippen molar-refractivity contribution in [3.05, 3.63) is 0 Å². The van der Waals surface area contributed by atoms with Crippen LogP contribution >= 0.6 is 0 Å². The Labute approximate surface area is 95.4 Å². The fourth-order valence-electron chi connectivity index (χ4n) is 2.28. The minimum Gasteiger partial charge on any atom is -0.313 e. The van der Waals surface area contributed by atoms with Crippen LogP contribution in [0.25, 0.3) is 0 Å². The summed E-state index contributed by atoms with van der Waals surface area (Å²) in [5.74, 6) is 0.834. The molecule has 0 amide bonds. The van der Waals surface area contributed by atoms with E-state index in [-0.39, 0.29) is 0 Å². The first-order chi connectivity index (χ1) is 7.22. The Kier molecular flexibility index (Phi) is 6.26. The van der Waals surface area contributed by atoms with Gasteiger partial charge in [-0.15, -0.1) is 0 Å². The van der Waals surface area contributed by atoms with Crippen molar-refractivity contribution in [2.45, 2.75) is 52.5 Å². The zero-order valence-corrected chi connectivity index (χ0v) is 10.8. The van der Waals surface area contributed by atoms with Gasteiger partial charge in [-0.2, -0.15) is 0 Å². The average Bonchev–Trinajstić information content (AvgIpc) is 2.67. The van der Waals surface area contributed by atoms with Gasteiger partial charge in [0.05, 0.1) is 0 Å². The largest absolute Gasteiger partial charge is 0.313 e. The Morgan fingerprint density at radius 3 is 2.67 bits per heavy atom. The molecule has 1 heterocycles. The van der Waals surface area contributed by atoms with Crippen LogP contribution in [0.4, 0.5) is 0 Å². The van der Waals surface area contributed by atoms with Crippen LogP contribution < -0.4 is 5.32 Å². The van der Waals surface area contributed by atoms with E-state index >= 15 is 0 Å². The monoisotopic (exact) mass is 212 g/mol. The van der Waals surface area contributed by atoms with E-state index in [9.17, 15) is 0 Å². The summed E-state index contributed by atoms with van der Waals surface area (Å²) in [6.07, 6.45) is 5.37. The van der Waals surface area contributed by atoms with E-state index in [0.717, 1.165) is 12.0 Å². The minimum atomic E-state index is 0.767. The van der Waals surface area contributed by atoms with Crippen LogP contribution in [0, 0.1) is 5.92 Å². The van der Waals surface area contributed by atoms with E-state index in [1.165, 1.54) is 51.9 Å². The van der Waals surface area contributed by atoms with Gasteiger partial charge in [-0.25, -0.2) is 0 Å². The molecule has 2 nitrogen and oxygen atoms in total. The van der Waals surface area contributed by atoms with Gasteiger partial charge in [-0.05, 0) is 51.2 Å². The van der Waals surface area contributed by atoms with Crippen LogP contribution in [0.1, 0.15) is 46.5 Å². The second-order valence-corrected chi connectivity index (χ2v) is 5.28. The van der Waals surface area contributed by atoms with Crippen molar-refractivity contribution in [1.82, 2.24) is 10.2 Å². The second kappa shape index (κ2) is 7.24. The normalized spacial score (nSPS) is 21.8. The van der Waals surface area contributed by atoms with Crippen LogP contribution in [-0.4, -0.2) is 37.1 Å². The zero-order valence-electron chi connectivity index (χ0n) is 10.8. The van der Waals surface area contributed by atoms with Crippen molar-refractivity contribution < 1.29 is 0 Å². The van der Waals surface area contributed by atoms with Gasteiger partial charge in [0.25, 0.3) is 0 Å². The van der Waals surface area contributed by atoms with Crippen molar-refractivity contribution in [3.8, 4) is 0 Å². The third-order valence-corrected chi connectivity index (χ3v) is 3.20. The Hall–Kier alpha value is -0.0800. The summed E-state index contributed by atoms with van der Waals surface area (Å²) >= 11 is 0. The van der Waals surface area contributed by atoms with Crippen molar-refractivity contribution in [2.24, 2.45) is 5.92 Å². The lowest BCUT2D eigenvalue weighted by molar-refractivity contribution is 0.236. The molecule has 0 saturated carbocycles. The van der Waals surface area contributed by atoms with Gasteiger partial charge < -0.3 is 10.2 Å². The van der Waals surface area contributed by atoms with E-state index in [2.05, 4.69) is 31.0 Å². The standard InChI is InChI=1S/C13H28N2/c1-4-9-15(10-7-12(2)3)11-13-6-5-8-14-13/h12-14H,4-11H2,1-3H3. The minimum absolute atomic E-state index is 0.767. The van der Waals surface area contributed by atoms with Crippen molar-refractivity contribution >= 4 is 0 Å². The first kappa shape index (κ1) is 13.0. The highest BCUT2D eigenvalue weighted by Crippen LogP contribution is 2.09. The average molecular weight is 212 g/mol. The van der Waals surface area contributed by atoms with E-state index in [4.69, 9.17) is 0 Å². The summed E-state index contributed by atoms with van der Waals surface area (Å²) in [5.41, 5.74) is 0. The maximum atomic E-state index is 3.59. The highest BCUT2D eigenvalue weighted by molar-refractivity contribution is 4.77. The molecule has 1 unspecified atom stereocenters. The molecule has 0 bridgehead atoms. The quantitative estimate of drug-likeness (QED) is 0.697. The number of hydrogen-bond donors (Lipinski definition) is 1. The van der Waals surface area contributed by atoms with E-state index in [1.54, 1.807) is 0 Å². The summed E-state index contributed by atoms with van der Waals surface area (Å²) in [4.78, 5) is 2.64. The van der Waals surface area contributed by atoms with Crippen LogP contribution in [0.5, 0.6) is 0 Å². The molecule has 15 heavy (non-hydrogen) atoms. The molecule has 1 atom stereocenters. The molecule has 1 aliphatic rings. The molecular formula is C13H28N2. The highest BCUT2D eigenvalue weighted by Gasteiger charge is 2.17. The molecule has 0 aromatic heterocycles. The first-order valence-electron chi connectivity index (χ1n) is 6.68. The van der Waals surface area contributed by atoms with E-state index < -0.39 is 0 Å². The topological polar surface area (TPSA) is 15.3 Å². The predicted molar refractivity (Wildman–Crippen MR) is 67.2 cm³/mol. The van der Waals surface area contributed by atoms with Gasteiger partial charge in [0.2, 0.25) is 0 Å². The molecule has 0 radical (unpaired) electrons. The zero-order chi connectivity index (χ0) is 11.1. The third kappa shape index (κ3) is 5.53. The number of nitrogens with zero attached hydrogens (tertiary/aromatic N) is 1. The summed E-state index contributed by atoms with van der Waals surface area (Å²) in [7, 11) is 0. The molecule has 1 rings (SSSR count). The molecule has 1 fully saturated rings. The third-order valence-electron chi connectivity index (χ3n) is 3.20. The summed E-state index contributed by atoms with van der Waals surface area (Å²) < 4.78 is 0. The molecule has 0 aromatic rings. The SMILES string of the molecule is CCCN(CCC(C)C)CC1CCCN1. The van der Waals surface area contributed by atoms with Gasteiger partial charge in [-0.3, -0.25) is 0 Å². The van der Waals surface area contributed by atoms with E-state index in [0.29, 0.717) is 0 Å². The highest BCUT2D eigenvalue weighted by atomic mass is 15.1. The van der Waals surface area contributed by atoms with Crippen LogP contribution in [0.3, 0.4) is 0 Å². The lowest BCUT2D eigenvalue weighted by Gasteiger charge is -2.25. The molecule has 2 heteroatoms. The van der Waals surface area contributed by atoms with Crippen LogP contribution in [0.15, 0.2) is 0 Å². The molecule has 1 saturated heterocycles. The fourth-order valence-corrected chi connectivity index (χ4v) is 2.28. The summed E-state index contributed by atoms with van der Waals surface area (Å²) in [5, 5.41) is 3.59. The van der Waals surface area contributed by atoms with Crippen molar-refractivity contribution in [1.29, 1.82) is 0 Å². The fraction of sp³-hybridized carbons (Fsp3) is 1.00. The predicted octanol–water partition coefficient (Wildman–Crippen LogP) is 2.50.